The Morgan fingerprint density at radius 3 is 2.71 bits per heavy atom. The van der Waals surface area contributed by atoms with E-state index in [1.165, 1.54) is 55.2 Å². The Morgan fingerprint density at radius 1 is 1.19 bits per heavy atom. The zero-order valence-corrected chi connectivity index (χ0v) is 13.8. The number of hydrogen-bond acceptors (Lipinski definition) is 4. The average Bonchev–Trinajstić information content (AvgIpc) is 2.97. The van der Waals surface area contributed by atoms with E-state index >= 15 is 0 Å². The predicted molar refractivity (Wildman–Crippen MR) is 92.3 cm³/mol. The SMILES string of the molecule is CCCCCCCCCC(NN)c1cnc2ccsc2c1. The van der Waals surface area contributed by atoms with Crippen LogP contribution in [0, 0.1) is 0 Å². The number of nitrogens with zero attached hydrogens (tertiary/aromatic N) is 1. The number of thiophene rings is 1. The maximum Gasteiger partial charge on any atom is 0.0809 e. The van der Waals surface area contributed by atoms with Crippen molar-refractivity contribution in [2.24, 2.45) is 5.84 Å². The van der Waals surface area contributed by atoms with Crippen LogP contribution in [0.4, 0.5) is 0 Å². The molecular formula is C17H27N3S. The first-order chi connectivity index (χ1) is 10.3. The number of fused-ring (bicyclic) bond motifs is 1. The van der Waals surface area contributed by atoms with Crippen LogP contribution in [0.15, 0.2) is 23.7 Å². The topological polar surface area (TPSA) is 50.9 Å². The van der Waals surface area contributed by atoms with Crippen molar-refractivity contribution < 1.29 is 0 Å². The van der Waals surface area contributed by atoms with E-state index in [4.69, 9.17) is 5.84 Å². The molecule has 1 atom stereocenters. The summed E-state index contributed by atoms with van der Waals surface area (Å²) in [5.74, 6) is 5.73. The van der Waals surface area contributed by atoms with Gasteiger partial charge >= 0.3 is 0 Å². The van der Waals surface area contributed by atoms with Crippen molar-refractivity contribution >= 4 is 21.6 Å². The molecule has 0 fully saturated rings. The van der Waals surface area contributed by atoms with Gasteiger partial charge in [0, 0.05) is 12.2 Å². The number of rotatable bonds is 10. The van der Waals surface area contributed by atoms with Crippen LogP contribution in [0.25, 0.3) is 10.2 Å². The molecule has 21 heavy (non-hydrogen) atoms. The van der Waals surface area contributed by atoms with Crippen molar-refractivity contribution in [1.82, 2.24) is 10.4 Å². The summed E-state index contributed by atoms with van der Waals surface area (Å²) in [6.07, 6.45) is 12.4. The quantitative estimate of drug-likeness (QED) is 0.371. The first kappa shape index (κ1) is 16.4. The molecule has 3 N–H and O–H groups in total. The van der Waals surface area contributed by atoms with Crippen LogP contribution in [0.1, 0.15) is 69.9 Å². The van der Waals surface area contributed by atoms with Gasteiger partial charge in [0.25, 0.3) is 0 Å². The van der Waals surface area contributed by atoms with Crippen LogP contribution in [0.5, 0.6) is 0 Å². The minimum absolute atomic E-state index is 0.222. The third-order valence-corrected chi connectivity index (χ3v) is 4.88. The zero-order chi connectivity index (χ0) is 14.9. The summed E-state index contributed by atoms with van der Waals surface area (Å²) in [7, 11) is 0. The molecule has 0 aromatic carbocycles. The Balaban J connectivity index is 1.77. The molecule has 0 saturated heterocycles. The second-order valence-corrected chi connectivity index (χ2v) is 6.65. The van der Waals surface area contributed by atoms with Crippen LogP contribution >= 0.6 is 11.3 Å². The number of aromatic nitrogens is 1. The summed E-state index contributed by atoms with van der Waals surface area (Å²) in [6, 6.07) is 4.50. The van der Waals surface area contributed by atoms with Gasteiger partial charge in [-0.3, -0.25) is 16.3 Å². The fourth-order valence-corrected chi connectivity index (χ4v) is 3.49. The molecule has 2 aromatic rings. The lowest BCUT2D eigenvalue weighted by Crippen LogP contribution is -2.28. The molecule has 1 unspecified atom stereocenters. The molecule has 2 rings (SSSR count). The van der Waals surface area contributed by atoms with E-state index < -0.39 is 0 Å². The molecule has 2 heterocycles. The summed E-state index contributed by atoms with van der Waals surface area (Å²) in [6.45, 7) is 2.26. The zero-order valence-electron chi connectivity index (χ0n) is 13.0. The van der Waals surface area contributed by atoms with Crippen molar-refractivity contribution in [3.8, 4) is 0 Å². The Kier molecular flexibility index (Phi) is 7.13. The van der Waals surface area contributed by atoms with Gasteiger partial charge in [-0.25, -0.2) is 0 Å². The van der Waals surface area contributed by atoms with Gasteiger partial charge in [-0.15, -0.1) is 11.3 Å². The Morgan fingerprint density at radius 2 is 1.95 bits per heavy atom. The largest absolute Gasteiger partial charge is 0.271 e. The third-order valence-electron chi connectivity index (χ3n) is 4.02. The number of hydrazine groups is 1. The molecule has 0 aliphatic heterocycles. The van der Waals surface area contributed by atoms with Crippen molar-refractivity contribution in [1.29, 1.82) is 0 Å². The highest BCUT2D eigenvalue weighted by molar-refractivity contribution is 7.17. The minimum atomic E-state index is 0.222. The monoisotopic (exact) mass is 305 g/mol. The molecule has 0 bridgehead atoms. The minimum Gasteiger partial charge on any atom is -0.271 e. The second-order valence-electron chi connectivity index (χ2n) is 5.70. The van der Waals surface area contributed by atoms with Crippen LogP contribution in [-0.2, 0) is 0 Å². The Bertz CT molecular complexity index is 523. The van der Waals surface area contributed by atoms with Crippen LogP contribution < -0.4 is 11.3 Å². The van der Waals surface area contributed by atoms with Gasteiger partial charge in [0.05, 0.1) is 10.2 Å². The maximum atomic E-state index is 5.73. The first-order valence-corrected chi connectivity index (χ1v) is 9.02. The van der Waals surface area contributed by atoms with E-state index in [1.54, 1.807) is 11.3 Å². The molecule has 0 saturated carbocycles. The van der Waals surface area contributed by atoms with E-state index in [1.807, 2.05) is 6.20 Å². The molecule has 0 aliphatic carbocycles. The summed E-state index contributed by atoms with van der Waals surface area (Å²) in [5.41, 5.74) is 5.24. The van der Waals surface area contributed by atoms with Gasteiger partial charge in [0.1, 0.15) is 0 Å². The van der Waals surface area contributed by atoms with Gasteiger partial charge in [-0.05, 0) is 29.5 Å². The molecule has 0 aliphatic rings. The number of nitrogens with two attached hydrogens (primary N) is 1. The lowest BCUT2D eigenvalue weighted by atomic mass is 10.0. The highest BCUT2D eigenvalue weighted by Crippen LogP contribution is 2.25. The fourth-order valence-electron chi connectivity index (χ4n) is 2.70. The van der Waals surface area contributed by atoms with E-state index in [2.05, 4.69) is 34.8 Å². The van der Waals surface area contributed by atoms with Crippen molar-refractivity contribution in [2.45, 2.75) is 64.3 Å². The van der Waals surface area contributed by atoms with E-state index in [-0.39, 0.29) is 6.04 Å². The van der Waals surface area contributed by atoms with E-state index in [9.17, 15) is 0 Å². The standard InChI is InChI=1S/C17H27N3S/c1-2-3-4-5-6-7-8-9-15(20-18)14-12-17-16(19-13-14)10-11-21-17/h10-13,15,20H,2-9,18H2,1H3. The lowest BCUT2D eigenvalue weighted by Gasteiger charge is -2.16. The molecule has 0 radical (unpaired) electrons. The molecule has 0 amide bonds. The summed E-state index contributed by atoms with van der Waals surface area (Å²) < 4.78 is 1.24. The van der Waals surface area contributed by atoms with Gasteiger partial charge in [-0.1, -0.05) is 51.9 Å². The third kappa shape index (κ3) is 5.06. The van der Waals surface area contributed by atoms with Gasteiger partial charge in [0.2, 0.25) is 0 Å². The van der Waals surface area contributed by atoms with Crippen molar-refractivity contribution in [3.63, 3.8) is 0 Å². The summed E-state index contributed by atoms with van der Waals surface area (Å²) in [5, 5.41) is 2.09. The van der Waals surface area contributed by atoms with Gasteiger partial charge < -0.3 is 0 Å². The molecule has 0 spiro atoms. The number of hydrogen-bond donors (Lipinski definition) is 2. The summed E-state index contributed by atoms with van der Waals surface area (Å²) in [4.78, 5) is 4.50. The van der Waals surface area contributed by atoms with Crippen molar-refractivity contribution in [2.75, 3.05) is 0 Å². The Labute approximate surface area is 131 Å². The number of unbranched alkanes of at least 4 members (excludes halogenated alkanes) is 6. The van der Waals surface area contributed by atoms with Crippen LogP contribution in [0.2, 0.25) is 0 Å². The molecule has 4 heteroatoms. The lowest BCUT2D eigenvalue weighted by molar-refractivity contribution is 0.475. The molecule has 116 valence electrons. The van der Waals surface area contributed by atoms with E-state index in [0.29, 0.717) is 0 Å². The maximum absolute atomic E-state index is 5.73. The average molecular weight is 305 g/mol. The summed E-state index contributed by atoms with van der Waals surface area (Å²) >= 11 is 1.74. The highest BCUT2D eigenvalue weighted by Gasteiger charge is 2.11. The van der Waals surface area contributed by atoms with Gasteiger partial charge in [0.15, 0.2) is 0 Å². The van der Waals surface area contributed by atoms with Crippen molar-refractivity contribution in [3.05, 3.63) is 29.3 Å². The molecular weight excluding hydrogens is 278 g/mol. The van der Waals surface area contributed by atoms with Crippen LogP contribution in [0.3, 0.4) is 0 Å². The van der Waals surface area contributed by atoms with E-state index in [0.717, 1.165) is 11.9 Å². The molecule has 3 nitrogen and oxygen atoms in total. The first-order valence-electron chi connectivity index (χ1n) is 8.14. The number of nitrogens with one attached hydrogen (secondary N) is 1. The normalized spacial score (nSPS) is 12.9. The van der Waals surface area contributed by atoms with Gasteiger partial charge in [-0.2, -0.15) is 0 Å². The smallest absolute Gasteiger partial charge is 0.0809 e. The highest BCUT2D eigenvalue weighted by atomic mass is 32.1. The Hall–Kier alpha value is -0.970. The molecule has 2 aromatic heterocycles. The van der Waals surface area contributed by atoms with Crippen LogP contribution in [-0.4, -0.2) is 4.98 Å². The number of pyridine rings is 1. The fraction of sp³-hybridized carbons (Fsp3) is 0.588. The second kappa shape index (κ2) is 9.13. The predicted octanol–water partition coefficient (Wildman–Crippen LogP) is 4.94.